The van der Waals surface area contributed by atoms with Gasteiger partial charge in [0.1, 0.15) is 18.2 Å². The fraction of sp³-hybridized carbons (Fsp3) is 0.370. The molecule has 0 spiro atoms. The van der Waals surface area contributed by atoms with E-state index in [0.29, 0.717) is 36.4 Å². The normalized spacial score (nSPS) is 13.3. The first-order valence-corrected chi connectivity index (χ1v) is 13.4. The summed E-state index contributed by atoms with van der Waals surface area (Å²) >= 11 is 1.54. The molecule has 0 bridgehead atoms. The molecule has 1 saturated heterocycles. The molecule has 2 N–H and O–H groups in total. The Hall–Kier alpha value is -3.50. The van der Waals surface area contributed by atoms with Gasteiger partial charge in [0.05, 0.1) is 25.1 Å². The maximum atomic E-state index is 11.9. The topological polar surface area (TPSA) is 102 Å². The number of nitrogens with one attached hydrogen (secondary N) is 2. The highest BCUT2D eigenvalue weighted by atomic mass is 32.2. The van der Waals surface area contributed by atoms with E-state index in [2.05, 4.69) is 46.2 Å². The van der Waals surface area contributed by atoms with Crippen molar-refractivity contribution in [2.75, 3.05) is 48.4 Å². The van der Waals surface area contributed by atoms with Gasteiger partial charge in [-0.25, -0.2) is 14.8 Å². The maximum absolute atomic E-state index is 11.9. The molecule has 2 aromatic heterocycles. The van der Waals surface area contributed by atoms with E-state index >= 15 is 0 Å². The molecule has 3 heterocycles. The van der Waals surface area contributed by atoms with Crippen molar-refractivity contribution in [3.63, 3.8) is 0 Å². The van der Waals surface area contributed by atoms with Gasteiger partial charge in [-0.1, -0.05) is 43.5 Å². The first-order valence-electron chi connectivity index (χ1n) is 12.4. The summed E-state index contributed by atoms with van der Waals surface area (Å²) in [5.74, 6) is 2.33. The molecule has 1 aliphatic rings. The fourth-order valence-corrected chi connectivity index (χ4v) is 4.55. The zero-order valence-corrected chi connectivity index (χ0v) is 21.9. The Bertz CT molecular complexity index is 1180. The summed E-state index contributed by atoms with van der Waals surface area (Å²) in [7, 11) is 0. The van der Waals surface area contributed by atoms with E-state index in [1.165, 1.54) is 6.08 Å². The molecule has 4 rings (SSSR count). The largest absolute Gasteiger partial charge is 0.445 e. The van der Waals surface area contributed by atoms with E-state index in [1.54, 1.807) is 18.0 Å². The minimum absolute atomic E-state index is 0.161. The summed E-state index contributed by atoms with van der Waals surface area (Å²) < 4.78 is 16.4. The number of carbonyl (C=O) groups is 1. The lowest BCUT2D eigenvalue weighted by Crippen LogP contribution is -2.36. The lowest BCUT2D eigenvalue weighted by atomic mass is 10.2. The maximum Gasteiger partial charge on any atom is 0.411 e. The predicted octanol–water partition coefficient (Wildman–Crippen LogP) is 5.50. The van der Waals surface area contributed by atoms with Gasteiger partial charge in [-0.05, 0) is 30.2 Å². The number of pyridine rings is 1. The second-order valence-electron chi connectivity index (χ2n) is 8.50. The van der Waals surface area contributed by atoms with Gasteiger partial charge < -0.3 is 24.1 Å². The molecule has 9 nitrogen and oxygen atoms in total. The summed E-state index contributed by atoms with van der Waals surface area (Å²) in [6, 6.07) is 11.8. The van der Waals surface area contributed by atoms with E-state index in [-0.39, 0.29) is 6.61 Å². The van der Waals surface area contributed by atoms with Crippen LogP contribution in [0.25, 0.3) is 0 Å². The van der Waals surface area contributed by atoms with Gasteiger partial charge >= 0.3 is 6.09 Å². The highest BCUT2D eigenvalue weighted by Crippen LogP contribution is 2.27. The Morgan fingerprint density at radius 3 is 2.95 bits per heavy atom. The number of thioether (sulfide) groups is 1. The average Bonchev–Trinajstić information content (AvgIpc) is 3.38. The molecule has 37 heavy (non-hydrogen) atoms. The Labute approximate surface area is 221 Å². The van der Waals surface area contributed by atoms with Gasteiger partial charge in [0.2, 0.25) is 0 Å². The molecule has 10 heteroatoms. The van der Waals surface area contributed by atoms with Crippen molar-refractivity contribution in [1.82, 2.24) is 9.97 Å². The molecule has 0 atom stereocenters. The van der Waals surface area contributed by atoms with E-state index in [4.69, 9.17) is 18.9 Å². The lowest BCUT2D eigenvalue weighted by Gasteiger charge is -2.29. The molecule has 0 aliphatic carbocycles. The monoisotopic (exact) mass is 523 g/mol. The number of hydrogen-bond acceptors (Lipinski definition) is 9. The zero-order valence-electron chi connectivity index (χ0n) is 21.1. The van der Waals surface area contributed by atoms with Crippen molar-refractivity contribution in [1.29, 1.82) is 0 Å². The molecular formula is C27H33N5O4S. The minimum atomic E-state index is -0.514. The van der Waals surface area contributed by atoms with Crippen LogP contribution in [0.3, 0.4) is 0 Å². The van der Waals surface area contributed by atoms with Gasteiger partial charge in [-0.2, -0.15) is 0 Å². The summed E-state index contributed by atoms with van der Waals surface area (Å²) in [4.78, 5) is 23.4. The third kappa shape index (κ3) is 8.26. The van der Waals surface area contributed by atoms with E-state index < -0.39 is 6.09 Å². The number of aromatic nitrogens is 2. The Morgan fingerprint density at radius 1 is 1.27 bits per heavy atom. The molecule has 1 aromatic carbocycles. The van der Waals surface area contributed by atoms with Crippen molar-refractivity contribution in [3.05, 3.63) is 72.3 Å². The van der Waals surface area contributed by atoms with E-state index in [9.17, 15) is 4.79 Å². The zero-order chi connectivity index (χ0) is 25.9. The van der Waals surface area contributed by atoms with Crippen LogP contribution >= 0.6 is 11.8 Å². The van der Waals surface area contributed by atoms with Crippen molar-refractivity contribution in [3.8, 4) is 0 Å². The number of hydrogen-bond donors (Lipinski definition) is 2. The third-order valence-corrected chi connectivity index (χ3v) is 6.47. The number of ether oxygens (including phenoxy) is 2. The highest BCUT2D eigenvalue weighted by Gasteiger charge is 2.15. The predicted molar refractivity (Wildman–Crippen MR) is 146 cm³/mol. The van der Waals surface area contributed by atoms with Crippen molar-refractivity contribution < 1.29 is 18.7 Å². The van der Waals surface area contributed by atoms with Crippen LogP contribution in [0.1, 0.15) is 30.4 Å². The Balaban J connectivity index is 1.44. The number of morpholine rings is 1. The van der Waals surface area contributed by atoms with Gasteiger partial charge in [-0.3, -0.25) is 5.32 Å². The van der Waals surface area contributed by atoms with Gasteiger partial charge in [0.15, 0.2) is 0 Å². The number of amides is 1. The standard InChI is InChI=1S/C27H33N5O4S/c1-3-6-24-18-29-27(36-24)37-19-22-15-23(32-9-12-34-13-10-32)16-25(30-22)28-17-20-7-5-8-21(14-20)31-26(33)35-11-4-2/h4-5,7-8,14-16,18H,2-3,6,9-13,17,19H2,1H3,(H,28,30)(H,31,33). The van der Waals surface area contributed by atoms with Crippen molar-refractivity contribution in [2.45, 2.75) is 37.3 Å². The van der Waals surface area contributed by atoms with Crippen LogP contribution in [0.4, 0.5) is 22.0 Å². The van der Waals surface area contributed by atoms with Crippen LogP contribution in [0.15, 0.2) is 64.9 Å². The Kier molecular flexibility index (Phi) is 9.84. The molecule has 0 saturated carbocycles. The highest BCUT2D eigenvalue weighted by molar-refractivity contribution is 7.98. The molecule has 0 radical (unpaired) electrons. The summed E-state index contributed by atoms with van der Waals surface area (Å²) in [6.07, 6.45) is 4.73. The van der Waals surface area contributed by atoms with Crippen LogP contribution in [0.2, 0.25) is 0 Å². The van der Waals surface area contributed by atoms with Crippen LogP contribution in [0, 0.1) is 0 Å². The van der Waals surface area contributed by atoms with Gasteiger partial charge in [-0.15, -0.1) is 0 Å². The van der Waals surface area contributed by atoms with Crippen molar-refractivity contribution in [2.24, 2.45) is 0 Å². The smallest absolute Gasteiger partial charge is 0.411 e. The molecule has 1 amide bonds. The number of rotatable bonds is 12. The Morgan fingerprint density at radius 2 is 2.14 bits per heavy atom. The van der Waals surface area contributed by atoms with Crippen molar-refractivity contribution >= 4 is 35.0 Å². The van der Waals surface area contributed by atoms with Gasteiger partial charge in [0, 0.05) is 49.2 Å². The number of carbonyl (C=O) groups excluding carboxylic acids is 1. The van der Waals surface area contributed by atoms with Crippen LogP contribution in [-0.4, -0.2) is 49.0 Å². The van der Waals surface area contributed by atoms with Gasteiger partial charge in [0.25, 0.3) is 5.22 Å². The van der Waals surface area contributed by atoms with Crippen LogP contribution in [0.5, 0.6) is 0 Å². The van der Waals surface area contributed by atoms with E-state index in [0.717, 1.165) is 54.5 Å². The van der Waals surface area contributed by atoms with Crippen LogP contribution in [-0.2, 0) is 28.2 Å². The number of oxazole rings is 1. The number of benzene rings is 1. The number of aryl methyl sites for hydroxylation is 1. The first-order chi connectivity index (χ1) is 18.1. The molecular weight excluding hydrogens is 490 g/mol. The SMILES string of the molecule is C=CCOC(=O)Nc1cccc(CNc2cc(N3CCOCC3)cc(CSc3ncc(CCC)o3)n2)c1. The quantitative estimate of drug-likeness (QED) is 0.235. The lowest BCUT2D eigenvalue weighted by molar-refractivity contribution is 0.122. The van der Waals surface area contributed by atoms with Crippen LogP contribution < -0.4 is 15.5 Å². The first kappa shape index (κ1) is 26.6. The average molecular weight is 524 g/mol. The second-order valence-corrected chi connectivity index (χ2v) is 9.43. The summed E-state index contributed by atoms with van der Waals surface area (Å²) in [5.41, 5.74) is 3.70. The third-order valence-electron chi connectivity index (χ3n) is 5.59. The minimum Gasteiger partial charge on any atom is -0.445 e. The summed E-state index contributed by atoms with van der Waals surface area (Å²) in [6.45, 7) is 9.47. The number of nitrogens with zero attached hydrogens (tertiary/aromatic N) is 3. The fourth-order valence-electron chi connectivity index (χ4n) is 3.83. The molecule has 0 unspecified atom stereocenters. The molecule has 1 aliphatic heterocycles. The summed E-state index contributed by atoms with van der Waals surface area (Å²) in [5, 5.41) is 6.83. The van der Waals surface area contributed by atoms with E-state index in [1.807, 2.05) is 24.3 Å². The number of anilines is 3. The molecule has 1 fully saturated rings. The second kappa shape index (κ2) is 13.7. The molecule has 3 aromatic rings. The molecule has 196 valence electrons.